The van der Waals surface area contributed by atoms with Crippen LogP contribution in [0.5, 0.6) is 0 Å². The zero-order chi connectivity index (χ0) is 30.2. The number of rotatable bonds is 12. The third kappa shape index (κ3) is 5.85. The first-order chi connectivity index (χ1) is 19.3. The van der Waals surface area contributed by atoms with E-state index in [0.717, 1.165) is 39.0 Å². The van der Waals surface area contributed by atoms with E-state index in [-0.39, 0.29) is 65.7 Å². The van der Waals surface area contributed by atoms with Crippen molar-refractivity contribution in [3.05, 3.63) is 0 Å². The molecular weight excluding hydrogens is 538 g/mol. The first-order valence-electron chi connectivity index (χ1n) is 15.2. The molecule has 0 amide bonds. The largest absolute Gasteiger partial charge is 0.465 e. The van der Waals surface area contributed by atoms with E-state index in [9.17, 15) is 28.0 Å². The van der Waals surface area contributed by atoms with Gasteiger partial charge in [0.25, 0.3) is 25.3 Å². The van der Waals surface area contributed by atoms with Crippen molar-refractivity contribution in [3.63, 3.8) is 0 Å². The van der Waals surface area contributed by atoms with Crippen molar-refractivity contribution >= 4 is 25.4 Å². The molecule has 4 fully saturated rings. The van der Waals surface area contributed by atoms with Gasteiger partial charge in [-0.15, -0.1) is 0 Å². The van der Waals surface area contributed by atoms with Crippen LogP contribution in [-0.2, 0) is 38.1 Å². The Morgan fingerprint density at radius 2 is 1.63 bits per heavy atom. The fourth-order valence-corrected chi connectivity index (χ4v) is 9.65. The predicted octanol–water partition coefficient (Wildman–Crippen LogP) is 5.49. The average molecular weight is 585 g/mol. The van der Waals surface area contributed by atoms with Gasteiger partial charge in [-0.25, -0.2) is 8.78 Å². The summed E-state index contributed by atoms with van der Waals surface area (Å²) in [6, 6.07) is 0. The number of fused-ring (bicyclic) bond motifs is 5. The van der Waals surface area contributed by atoms with Crippen LogP contribution in [0.4, 0.5) is 8.78 Å². The molecule has 232 valence electrons. The SMILES string of the molecule is CC(CCC(=O)OC(C)C(C)(F)F)[C@H]1CC[C@H]2[C@@H]3[C@H](OC=O)C[C@@H]4C[C@H](OC=O)CC[C@]4(C)[C@H]3C[C@H](OC=O)[C@]12C. The zero-order valence-corrected chi connectivity index (χ0v) is 24.9. The van der Waals surface area contributed by atoms with Crippen molar-refractivity contribution in [1.29, 1.82) is 0 Å². The van der Waals surface area contributed by atoms with Crippen LogP contribution >= 0.6 is 0 Å². The Balaban J connectivity index is 1.57. The number of carbonyl (C=O) groups is 4. The summed E-state index contributed by atoms with van der Waals surface area (Å²) >= 11 is 0. The molecule has 0 saturated heterocycles. The fraction of sp³-hybridized carbons (Fsp3) is 0.871. The minimum atomic E-state index is -3.11. The molecule has 10 heteroatoms. The zero-order valence-electron chi connectivity index (χ0n) is 24.9. The van der Waals surface area contributed by atoms with Gasteiger partial charge in [0.15, 0.2) is 6.10 Å². The highest BCUT2D eigenvalue weighted by Gasteiger charge is 2.67. The van der Waals surface area contributed by atoms with Gasteiger partial charge in [0.1, 0.15) is 18.3 Å². The van der Waals surface area contributed by atoms with Crippen LogP contribution in [0.3, 0.4) is 0 Å². The molecule has 4 aliphatic rings. The molecule has 4 aliphatic carbocycles. The third-order valence-electron chi connectivity index (χ3n) is 12.0. The van der Waals surface area contributed by atoms with Crippen LogP contribution in [0.1, 0.15) is 92.4 Å². The lowest BCUT2D eigenvalue weighted by molar-refractivity contribution is -0.218. The lowest BCUT2D eigenvalue weighted by atomic mass is 9.43. The highest BCUT2D eigenvalue weighted by molar-refractivity contribution is 5.69. The Hall–Kier alpha value is -2.26. The third-order valence-corrected chi connectivity index (χ3v) is 12.0. The van der Waals surface area contributed by atoms with Crippen molar-refractivity contribution in [1.82, 2.24) is 0 Å². The highest BCUT2D eigenvalue weighted by atomic mass is 19.3. The Morgan fingerprint density at radius 3 is 2.27 bits per heavy atom. The number of halogens is 2. The Bertz CT molecular complexity index is 970. The molecular formula is C31H46F2O8. The molecule has 0 aromatic rings. The normalized spacial score (nSPS) is 41.4. The second kappa shape index (κ2) is 12.2. The van der Waals surface area contributed by atoms with Gasteiger partial charge in [0, 0.05) is 24.7 Å². The Kier molecular flexibility index (Phi) is 9.39. The van der Waals surface area contributed by atoms with E-state index in [1.165, 1.54) is 6.92 Å². The Labute approximate surface area is 241 Å². The number of hydrogen-bond acceptors (Lipinski definition) is 8. The van der Waals surface area contributed by atoms with E-state index in [2.05, 4.69) is 20.8 Å². The minimum absolute atomic E-state index is 0.0325. The average Bonchev–Trinajstić information content (AvgIpc) is 3.26. The predicted molar refractivity (Wildman–Crippen MR) is 143 cm³/mol. The second-order valence-corrected chi connectivity index (χ2v) is 13.7. The van der Waals surface area contributed by atoms with Gasteiger partial charge in [0.05, 0.1) is 0 Å². The Morgan fingerprint density at radius 1 is 0.951 bits per heavy atom. The van der Waals surface area contributed by atoms with Crippen LogP contribution in [0.2, 0.25) is 0 Å². The van der Waals surface area contributed by atoms with Crippen molar-refractivity contribution < 1.29 is 46.9 Å². The monoisotopic (exact) mass is 584 g/mol. The molecule has 4 rings (SSSR count). The molecule has 2 unspecified atom stereocenters. The van der Waals surface area contributed by atoms with Gasteiger partial charge < -0.3 is 18.9 Å². The summed E-state index contributed by atoms with van der Waals surface area (Å²) in [5, 5.41) is 0. The van der Waals surface area contributed by atoms with Gasteiger partial charge in [0.2, 0.25) is 0 Å². The van der Waals surface area contributed by atoms with E-state index in [1.54, 1.807) is 0 Å². The van der Waals surface area contributed by atoms with Gasteiger partial charge in [-0.1, -0.05) is 20.8 Å². The molecule has 0 aromatic carbocycles. The minimum Gasteiger partial charge on any atom is -0.465 e. The molecule has 12 atom stereocenters. The quantitative estimate of drug-likeness (QED) is 0.168. The summed E-state index contributed by atoms with van der Waals surface area (Å²) in [6.45, 7) is 10.1. The maximum absolute atomic E-state index is 13.5. The molecule has 0 heterocycles. The van der Waals surface area contributed by atoms with E-state index in [0.29, 0.717) is 38.7 Å². The number of hydrogen-bond donors (Lipinski definition) is 0. The fourth-order valence-electron chi connectivity index (χ4n) is 9.65. The summed E-state index contributed by atoms with van der Waals surface area (Å²) in [5.41, 5.74) is -0.478. The first kappa shape index (κ1) is 31.7. The number of alkyl halides is 2. The molecule has 4 saturated carbocycles. The van der Waals surface area contributed by atoms with E-state index in [1.807, 2.05) is 0 Å². The van der Waals surface area contributed by atoms with Crippen molar-refractivity contribution in [2.24, 2.45) is 46.3 Å². The molecule has 41 heavy (non-hydrogen) atoms. The molecule has 0 bridgehead atoms. The van der Waals surface area contributed by atoms with Gasteiger partial charge in [-0.2, -0.15) is 0 Å². The first-order valence-corrected chi connectivity index (χ1v) is 15.2. The van der Waals surface area contributed by atoms with Gasteiger partial charge in [-0.3, -0.25) is 19.2 Å². The molecule has 0 aliphatic heterocycles. The molecule has 0 radical (unpaired) electrons. The number of esters is 1. The van der Waals surface area contributed by atoms with Crippen LogP contribution < -0.4 is 0 Å². The van der Waals surface area contributed by atoms with Gasteiger partial charge >= 0.3 is 5.97 Å². The van der Waals surface area contributed by atoms with Crippen molar-refractivity contribution in [2.75, 3.05) is 0 Å². The molecule has 8 nitrogen and oxygen atoms in total. The second-order valence-electron chi connectivity index (χ2n) is 13.7. The van der Waals surface area contributed by atoms with Crippen LogP contribution in [0.25, 0.3) is 0 Å². The lowest BCUT2D eigenvalue weighted by Gasteiger charge is -2.64. The van der Waals surface area contributed by atoms with Crippen molar-refractivity contribution in [3.8, 4) is 0 Å². The smallest absolute Gasteiger partial charge is 0.306 e. The van der Waals surface area contributed by atoms with Crippen molar-refractivity contribution in [2.45, 2.75) is 123 Å². The summed E-state index contributed by atoms with van der Waals surface area (Å²) in [7, 11) is 0. The molecule has 0 aromatic heterocycles. The van der Waals surface area contributed by atoms with Gasteiger partial charge in [-0.05, 0) is 93.3 Å². The maximum atomic E-state index is 13.5. The molecule has 0 N–H and O–H groups in total. The highest BCUT2D eigenvalue weighted by Crippen LogP contribution is 2.69. The topological polar surface area (TPSA) is 105 Å². The summed E-state index contributed by atoms with van der Waals surface area (Å²) in [4.78, 5) is 46.9. The number of ether oxygens (including phenoxy) is 4. The number of carbonyl (C=O) groups excluding carboxylic acids is 4. The standard InChI is InChI=1S/C31H46F2O8/c1-18(6-9-27(37)41-19(2)31(5,32)33)22-7-8-23-28-24(14-26(40-17-36)30(22,23)4)29(3)11-10-21(38-15-34)12-20(29)13-25(28)39-16-35/h15-26,28H,6-14H2,1-5H3/t18?,19?,20-,21+,22+,23-,24-,25+,26-,28-,29-,30+/m0/s1. The summed E-state index contributed by atoms with van der Waals surface area (Å²) < 4.78 is 49.0. The van der Waals surface area contributed by atoms with Crippen LogP contribution in [0.15, 0.2) is 0 Å². The van der Waals surface area contributed by atoms with E-state index >= 15 is 0 Å². The van der Waals surface area contributed by atoms with Crippen LogP contribution in [0, 0.1) is 46.3 Å². The van der Waals surface area contributed by atoms with Crippen LogP contribution in [-0.4, -0.2) is 55.7 Å². The van der Waals surface area contributed by atoms with E-state index < -0.39 is 23.4 Å². The molecule has 0 spiro atoms. The summed E-state index contributed by atoms with van der Waals surface area (Å²) in [6.07, 6.45) is 3.70. The lowest BCUT2D eigenvalue weighted by Crippen LogP contribution is -2.63. The summed E-state index contributed by atoms with van der Waals surface area (Å²) in [5.74, 6) is -2.99. The maximum Gasteiger partial charge on any atom is 0.306 e. The van der Waals surface area contributed by atoms with E-state index in [4.69, 9.17) is 18.9 Å².